The molecule has 0 saturated carbocycles. The second-order valence-corrected chi connectivity index (χ2v) is 9.55. The lowest BCUT2D eigenvalue weighted by Gasteiger charge is -2.29. The molecule has 2 aromatic rings. The highest BCUT2D eigenvalue weighted by molar-refractivity contribution is 5.81. The molecule has 2 atom stereocenters. The molecule has 8 heteroatoms. The molecule has 7 nitrogen and oxygen atoms in total. The summed E-state index contributed by atoms with van der Waals surface area (Å²) in [4.78, 5) is 15.3. The second kappa shape index (κ2) is 12.2. The van der Waals surface area contributed by atoms with Crippen LogP contribution in [0.25, 0.3) is 0 Å². The van der Waals surface area contributed by atoms with Crippen molar-refractivity contribution in [1.29, 1.82) is 0 Å². The summed E-state index contributed by atoms with van der Waals surface area (Å²) in [6, 6.07) is 11.8. The molecule has 2 aliphatic heterocycles. The highest BCUT2D eigenvalue weighted by Gasteiger charge is 2.27. The Kier molecular flexibility index (Phi) is 8.82. The predicted molar refractivity (Wildman–Crippen MR) is 130 cm³/mol. The van der Waals surface area contributed by atoms with Gasteiger partial charge in [0.05, 0.1) is 6.10 Å². The van der Waals surface area contributed by atoms with Crippen LogP contribution in [0.1, 0.15) is 38.7 Å². The van der Waals surface area contributed by atoms with Crippen molar-refractivity contribution in [2.45, 2.75) is 51.9 Å². The number of fused-ring (bicyclic) bond motifs is 1. The van der Waals surface area contributed by atoms with Gasteiger partial charge in [0.25, 0.3) is 5.91 Å². The van der Waals surface area contributed by atoms with E-state index in [1.165, 1.54) is 12.1 Å². The van der Waals surface area contributed by atoms with Gasteiger partial charge in [0.2, 0.25) is 6.79 Å². The van der Waals surface area contributed by atoms with E-state index in [0.717, 1.165) is 42.9 Å². The maximum Gasteiger partial charge on any atom is 0.262 e. The average Bonchev–Trinajstić information content (AvgIpc) is 3.50. The molecular weight excluding hydrogens is 451 g/mol. The SMILES string of the molecule is CC(C)CCNC(=O)C(CN(Cc1ccc2c(c1)OCO2)CC1CCCO1)Oc1cccc(F)c1. The van der Waals surface area contributed by atoms with Crippen molar-refractivity contribution in [2.24, 2.45) is 5.92 Å². The largest absolute Gasteiger partial charge is 0.479 e. The van der Waals surface area contributed by atoms with Gasteiger partial charge in [-0.15, -0.1) is 0 Å². The van der Waals surface area contributed by atoms with Crippen LogP contribution in [-0.4, -0.2) is 56.0 Å². The molecule has 2 heterocycles. The zero-order chi connectivity index (χ0) is 24.6. The number of benzene rings is 2. The molecule has 0 aliphatic carbocycles. The molecular formula is C27H35FN2O5. The first-order valence-electron chi connectivity index (χ1n) is 12.4. The normalized spacial score (nSPS) is 17.7. The quantitative estimate of drug-likeness (QED) is 0.486. The van der Waals surface area contributed by atoms with Crippen molar-refractivity contribution in [3.63, 3.8) is 0 Å². The standard InChI is InChI=1S/C27H35FN2O5/c1-19(2)10-11-29-27(31)26(35-22-6-3-5-21(28)14-22)17-30(16-23-7-4-12-32-23)15-20-8-9-24-25(13-20)34-18-33-24/h3,5-6,8-9,13-14,19,23,26H,4,7,10-12,15-18H2,1-2H3,(H,29,31). The molecule has 2 aromatic carbocycles. The van der Waals surface area contributed by atoms with Gasteiger partial charge in [-0.1, -0.05) is 26.0 Å². The average molecular weight is 487 g/mol. The highest BCUT2D eigenvalue weighted by Crippen LogP contribution is 2.33. The van der Waals surface area contributed by atoms with E-state index in [1.54, 1.807) is 12.1 Å². The summed E-state index contributed by atoms with van der Waals surface area (Å²) in [7, 11) is 0. The Morgan fingerprint density at radius 3 is 2.83 bits per heavy atom. The van der Waals surface area contributed by atoms with Crippen LogP contribution in [0, 0.1) is 11.7 Å². The number of ether oxygens (including phenoxy) is 4. The van der Waals surface area contributed by atoms with Crippen LogP contribution in [0.3, 0.4) is 0 Å². The molecule has 190 valence electrons. The Balaban J connectivity index is 1.50. The zero-order valence-electron chi connectivity index (χ0n) is 20.5. The highest BCUT2D eigenvalue weighted by atomic mass is 19.1. The van der Waals surface area contributed by atoms with Gasteiger partial charge in [0.1, 0.15) is 11.6 Å². The molecule has 1 N–H and O–H groups in total. The van der Waals surface area contributed by atoms with E-state index >= 15 is 0 Å². The number of hydrogen-bond acceptors (Lipinski definition) is 6. The third-order valence-electron chi connectivity index (χ3n) is 6.14. The van der Waals surface area contributed by atoms with E-state index in [2.05, 4.69) is 24.1 Å². The fourth-order valence-electron chi connectivity index (χ4n) is 4.29. The molecule has 0 bridgehead atoms. The van der Waals surface area contributed by atoms with Gasteiger partial charge in [-0.25, -0.2) is 4.39 Å². The predicted octanol–water partition coefficient (Wildman–Crippen LogP) is 4.15. The van der Waals surface area contributed by atoms with E-state index in [0.29, 0.717) is 37.8 Å². The summed E-state index contributed by atoms with van der Waals surface area (Å²) < 4.78 is 36.7. The maximum absolute atomic E-state index is 13.8. The van der Waals surface area contributed by atoms with Crippen molar-refractivity contribution < 1.29 is 28.1 Å². The van der Waals surface area contributed by atoms with E-state index in [4.69, 9.17) is 18.9 Å². The topological polar surface area (TPSA) is 69.3 Å². The molecule has 4 rings (SSSR count). The van der Waals surface area contributed by atoms with Crippen LogP contribution >= 0.6 is 0 Å². The third kappa shape index (κ3) is 7.57. The molecule has 35 heavy (non-hydrogen) atoms. The van der Waals surface area contributed by atoms with Crippen LogP contribution in [0.4, 0.5) is 4.39 Å². The molecule has 1 amide bonds. The van der Waals surface area contributed by atoms with E-state index < -0.39 is 11.9 Å². The summed E-state index contributed by atoms with van der Waals surface area (Å²) in [6.45, 7) is 7.34. The van der Waals surface area contributed by atoms with Gasteiger partial charge in [0.15, 0.2) is 17.6 Å². The van der Waals surface area contributed by atoms with Gasteiger partial charge in [-0.3, -0.25) is 9.69 Å². The fraction of sp³-hybridized carbons (Fsp3) is 0.519. The lowest BCUT2D eigenvalue weighted by atomic mass is 10.1. The van der Waals surface area contributed by atoms with Crippen LogP contribution in [0.5, 0.6) is 17.2 Å². The Morgan fingerprint density at radius 1 is 1.20 bits per heavy atom. The van der Waals surface area contributed by atoms with Crippen LogP contribution < -0.4 is 19.5 Å². The van der Waals surface area contributed by atoms with Crippen LogP contribution in [0.2, 0.25) is 0 Å². The summed E-state index contributed by atoms with van der Waals surface area (Å²) in [6.07, 6.45) is 2.17. The first kappa shape index (κ1) is 25.3. The van der Waals surface area contributed by atoms with E-state index in [9.17, 15) is 9.18 Å². The van der Waals surface area contributed by atoms with Crippen LogP contribution in [-0.2, 0) is 16.1 Å². The van der Waals surface area contributed by atoms with Gasteiger partial charge in [-0.05, 0) is 55.0 Å². The van der Waals surface area contributed by atoms with E-state index in [-0.39, 0.29) is 18.8 Å². The monoisotopic (exact) mass is 486 g/mol. The number of halogens is 1. The smallest absolute Gasteiger partial charge is 0.262 e. The number of nitrogens with one attached hydrogen (secondary N) is 1. The summed E-state index contributed by atoms with van der Waals surface area (Å²) in [5.41, 5.74) is 1.04. The molecule has 1 saturated heterocycles. The molecule has 0 aromatic heterocycles. The third-order valence-corrected chi connectivity index (χ3v) is 6.14. The molecule has 0 spiro atoms. The molecule has 2 aliphatic rings. The van der Waals surface area contributed by atoms with Gasteiger partial charge < -0.3 is 24.3 Å². The minimum atomic E-state index is -0.806. The Bertz CT molecular complexity index is 980. The maximum atomic E-state index is 13.8. The second-order valence-electron chi connectivity index (χ2n) is 9.55. The van der Waals surface area contributed by atoms with Gasteiger partial charge in [-0.2, -0.15) is 0 Å². The van der Waals surface area contributed by atoms with Crippen LogP contribution in [0.15, 0.2) is 42.5 Å². The Labute approximate surface area is 206 Å². The minimum absolute atomic E-state index is 0.0998. The van der Waals surface area contributed by atoms with Gasteiger partial charge >= 0.3 is 0 Å². The van der Waals surface area contributed by atoms with Crippen molar-refractivity contribution in [3.05, 3.63) is 53.8 Å². The van der Waals surface area contributed by atoms with Crippen molar-refractivity contribution in [2.75, 3.05) is 33.0 Å². The number of nitrogens with zero attached hydrogens (tertiary/aromatic N) is 1. The van der Waals surface area contributed by atoms with Crippen molar-refractivity contribution in [1.82, 2.24) is 10.2 Å². The first-order chi connectivity index (χ1) is 17.0. The number of rotatable bonds is 12. The first-order valence-corrected chi connectivity index (χ1v) is 12.4. The molecule has 0 radical (unpaired) electrons. The molecule has 2 unspecified atom stereocenters. The number of amides is 1. The Morgan fingerprint density at radius 2 is 2.06 bits per heavy atom. The van der Waals surface area contributed by atoms with Gasteiger partial charge in [0, 0.05) is 38.9 Å². The lowest BCUT2D eigenvalue weighted by molar-refractivity contribution is -0.129. The number of carbonyl (C=O) groups excluding carboxylic acids is 1. The number of carbonyl (C=O) groups is 1. The fourth-order valence-corrected chi connectivity index (χ4v) is 4.29. The zero-order valence-corrected chi connectivity index (χ0v) is 20.5. The van der Waals surface area contributed by atoms with Crippen molar-refractivity contribution >= 4 is 5.91 Å². The van der Waals surface area contributed by atoms with Crippen molar-refractivity contribution in [3.8, 4) is 17.2 Å². The summed E-state index contributed by atoms with van der Waals surface area (Å²) in [5.74, 6) is 1.64. The lowest BCUT2D eigenvalue weighted by Crippen LogP contribution is -2.47. The summed E-state index contributed by atoms with van der Waals surface area (Å²) in [5, 5.41) is 2.99. The molecule has 1 fully saturated rings. The Hall–Kier alpha value is -2.84. The summed E-state index contributed by atoms with van der Waals surface area (Å²) >= 11 is 0. The van der Waals surface area contributed by atoms with E-state index in [1.807, 2.05) is 18.2 Å². The minimum Gasteiger partial charge on any atom is -0.479 e. The number of hydrogen-bond donors (Lipinski definition) is 1.